The van der Waals surface area contributed by atoms with Gasteiger partial charge in [-0.3, -0.25) is 4.79 Å². The molecule has 0 aliphatic rings. The van der Waals surface area contributed by atoms with E-state index in [1.807, 2.05) is 0 Å². The highest BCUT2D eigenvalue weighted by Gasteiger charge is 2.16. The van der Waals surface area contributed by atoms with Crippen LogP contribution in [0.4, 0.5) is 0 Å². The summed E-state index contributed by atoms with van der Waals surface area (Å²) < 4.78 is 11.0. The monoisotopic (exact) mass is 342 g/mol. The van der Waals surface area contributed by atoms with Crippen LogP contribution >= 0.6 is 11.6 Å². The van der Waals surface area contributed by atoms with Crippen LogP contribution < -0.4 is 20.1 Å². The zero-order valence-corrected chi connectivity index (χ0v) is 15.1. The third kappa shape index (κ3) is 6.67. The first kappa shape index (κ1) is 19.6. The second-order valence-electron chi connectivity index (χ2n) is 5.70. The second-order valence-corrected chi connectivity index (χ2v) is 6.11. The van der Waals surface area contributed by atoms with Crippen molar-refractivity contribution in [1.29, 1.82) is 0 Å². The lowest BCUT2D eigenvalue weighted by Crippen LogP contribution is -2.32. The first-order valence-electron chi connectivity index (χ1n) is 7.98. The van der Waals surface area contributed by atoms with E-state index in [1.165, 1.54) is 7.11 Å². The first-order valence-corrected chi connectivity index (χ1v) is 8.36. The molecule has 0 saturated heterocycles. The van der Waals surface area contributed by atoms with Crippen molar-refractivity contribution in [2.45, 2.75) is 27.2 Å². The van der Waals surface area contributed by atoms with Crippen LogP contribution in [0.1, 0.15) is 37.6 Å². The summed E-state index contributed by atoms with van der Waals surface area (Å²) in [5.41, 5.74) is 0.458. The summed E-state index contributed by atoms with van der Waals surface area (Å²) in [6, 6.07) is 3.25. The smallest absolute Gasteiger partial charge is 0.251 e. The van der Waals surface area contributed by atoms with Gasteiger partial charge in [-0.05, 0) is 31.0 Å². The van der Waals surface area contributed by atoms with Gasteiger partial charge in [0.2, 0.25) is 0 Å². The Labute approximate surface area is 143 Å². The Hall–Kier alpha value is -1.46. The van der Waals surface area contributed by atoms with Gasteiger partial charge in [-0.25, -0.2) is 0 Å². The van der Waals surface area contributed by atoms with Crippen molar-refractivity contribution in [1.82, 2.24) is 10.6 Å². The lowest BCUT2D eigenvalue weighted by Gasteiger charge is -2.15. The molecule has 1 rings (SSSR count). The highest BCUT2D eigenvalue weighted by molar-refractivity contribution is 6.32. The summed E-state index contributed by atoms with van der Waals surface area (Å²) >= 11 is 6.25. The molecule has 1 amide bonds. The summed E-state index contributed by atoms with van der Waals surface area (Å²) in [4.78, 5) is 12.2. The standard InChI is InChI=1S/C17H27ClN2O3/c1-5-6-19-7-8-20-17(21)13-9-14(18)16(15(10-13)22-4)23-11-12(2)3/h9-10,12,19H,5-8,11H2,1-4H3,(H,20,21). The number of carbonyl (C=O) groups is 1. The molecule has 130 valence electrons. The lowest BCUT2D eigenvalue weighted by molar-refractivity contribution is 0.0953. The summed E-state index contributed by atoms with van der Waals surface area (Å²) in [5.74, 6) is 1.13. The molecule has 23 heavy (non-hydrogen) atoms. The number of benzene rings is 1. The van der Waals surface area contributed by atoms with E-state index in [0.29, 0.717) is 41.2 Å². The van der Waals surface area contributed by atoms with Crippen molar-refractivity contribution in [2.75, 3.05) is 33.4 Å². The van der Waals surface area contributed by atoms with Crippen LogP contribution in [0.2, 0.25) is 5.02 Å². The molecule has 0 atom stereocenters. The van der Waals surface area contributed by atoms with Crippen LogP contribution in [0, 0.1) is 5.92 Å². The van der Waals surface area contributed by atoms with Crippen molar-refractivity contribution in [3.05, 3.63) is 22.7 Å². The Balaban J connectivity index is 2.72. The quantitative estimate of drug-likeness (QED) is 0.641. The van der Waals surface area contributed by atoms with Gasteiger partial charge in [0.25, 0.3) is 5.91 Å². The number of hydrogen-bond donors (Lipinski definition) is 2. The van der Waals surface area contributed by atoms with Crippen LogP contribution in [0.5, 0.6) is 11.5 Å². The fraction of sp³-hybridized carbons (Fsp3) is 0.588. The fourth-order valence-corrected chi connectivity index (χ4v) is 2.17. The van der Waals surface area contributed by atoms with E-state index in [4.69, 9.17) is 21.1 Å². The maximum atomic E-state index is 12.2. The van der Waals surface area contributed by atoms with Crippen LogP contribution in [-0.2, 0) is 0 Å². The van der Waals surface area contributed by atoms with E-state index in [9.17, 15) is 4.79 Å². The Bertz CT molecular complexity index is 507. The molecule has 0 heterocycles. The molecule has 0 aliphatic heterocycles. The molecule has 0 unspecified atom stereocenters. The van der Waals surface area contributed by atoms with Gasteiger partial charge in [0.15, 0.2) is 11.5 Å². The molecule has 6 heteroatoms. The van der Waals surface area contributed by atoms with E-state index in [-0.39, 0.29) is 5.91 Å². The van der Waals surface area contributed by atoms with Crippen LogP contribution in [0.25, 0.3) is 0 Å². The van der Waals surface area contributed by atoms with E-state index >= 15 is 0 Å². The average molecular weight is 343 g/mol. The Kier molecular flexibility index (Phi) is 8.81. The predicted octanol–water partition coefficient (Wildman–Crippen LogP) is 3.11. The fourth-order valence-electron chi connectivity index (χ4n) is 1.91. The van der Waals surface area contributed by atoms with E-state index in [1.54, 1.807) is 12.1 Å². The Morgan fingerprint density at radius 2 is 2.00 bits per heavy atom. The van der Waals surface area contributed by atoms with E-state index in [0.717, 1.165) is 19.5 Å². The largest absolute Gasteiger partial charge is 0.493 e. The van der Waals surface area contributed by atoms with Crippen LogP contribution in [0.15, 0.2) is 12.1 Å². The summed E-state index contributed by atoms with van der Waals surface area (Å²) in [6.07, 6.45) is 1.07. The molecule has 2 N–H and O–H groups in total. The van der Waals surface area contributed by atoms with Crippen LogP contribution in [0.3, 0.4) is 0 Å². The molecular formula is C17H27ClN2O3. The van der Waals surface area contributed by atoms with Gasteiger partial charge in [-0.2, -0.15) is 0 Å². The molecule has 1 aromatic rings. The van der Waals surface area contributed by atoms with E-state index in [2.05, 4.69) is 31.4 Å². The summed E-state index contributed by atoms with van der Waals surface area (Å²) in [6.45, 7) is 8.97. The van der Waals surface area contributed by atoms with Gasteiger partial charge < -0.3 is 20.1 Å². The molecule has 0 fully saturated rings. The molecule has 0 aromatic heterocycles. The SMILES string of the molecule is CCCNCCNC(=O)c1cc(Cl)c(OCC(C)C)c(OC)c1. The third-order valence-electron chi connectivity index (χ3n) is 3.07. The van der Waals surface area contributed by atoms with Gasteiger partial charge >= 0.3 is 0 Å². The van der Waals surface area contributed by atoms with Crippen molar-refractivity contribution in [3.8, 4) is 11.5 Å². The minimum atomic E-state index is -0.182. The number of rotatable bonds is 10. The predicted molar refractivity (Wildman–Crippen MR) is 93.8 cm³/mol. The van der Waals surface area contributed by atoms with Crippen LogP contribution in [-0.4, -0.2) is 39.3 Å². The number of amides is 1. The highest BCUT2D eigenvalue weighted by Crippen LogP contribution is 2.36. The van der Waals surface area contributed by atoms with Crippen molar-refractivity contribution in [3.63, 3.8) is 0 Å². The zero-order valence-electron chi connectivity index (χ0n) is 14.4. The molecular weight excluding hydrogens is 316 g/mol. The second kappa shape index (κ2) is 10.3. The lowest BCUT2D eigenvalue weighted by atomic mass is 10.2. The Morgan fingerprint density at radius 1 is 1.26 bits per heavy atom. The minimum absolute atomic E-state index is 0.182. The normalized spacial score (nSPS) is 10.7. The van der Waals surface area contributed by atoms with Crippen molar-refractivity contribution >= 4 is 17.5 Å². The molecule has 0 saturated carbocycles. The van der Waals surface area contributed by atoms with Gasteiger partial charge in [0, 0.05) is 18.7 Å². The highest BCUT2D eigenvalue weighted by atomic mass is 35.5. The topological polar surface area (TPSA) is 59.6 Å². The maximum Gasteiger partial charge on any atom is 0.251 e. The molecule has 5 nitrogen and oxygen atoms in total. The third-order valence-corrected chi connectivity index (χ3v) is 3.35. The molecule has 0 aliphatic carbocycles. The number of nitrogens with one attached hydrogen (secondary N) is 2. The average Bonchev–Trinajstić information content (AvgIpc) is 2.52. The molecule has 1 aromatic carbocycles. The van der Waals surface area contributed by atoms with Gasteiger partial charge in [-0.15, -0.1) is 0 Å². The number of ether oxygens (including phenoxy) is 2. The zero-order chi connectivity index (χ0) is 17.2. The maximum absolute atomic E-state index is 12.2. The summed E-state index contributed by atoms with van der Waals surface area (Å²) in [7, 11) is 1.53. The van der Waals surface area contributed by atoms with Crippen molar-refractivity contribution < 1.29 is 14.3 Å². The number of carbonyl (C=O) groups excluding carboxylic acids is 1. The number of halogens is 1. The molecule has 0 bridgehead atoms. The van der Waals surface area contributed by atoms with Crippen molar-refractivity contribution in [2.24, 2.45) is 5.92 Å². The number of methoxy groups -OCH3 is 1. The van der Waals surface area contributed by atoms with Gasteiger partial charge in [-0.1, -0.05) is 32.4 Å². The van der Waals surface area contributed by atoms with Gasteiger partial charge in [0.05, 0.1) is 18.7 Å². The van der Waals surface area contributed by atoms with Gasteiger partial charge in [0.1, 0.15) is 0 Å². The number of hydrogen-bond acceptors (Lipinski definition) is 4. The minimum Gasteiger partial charge on any atom is -0.493 e. The van der Waals surface area contributed by atoms with E-state index < -0.39 is 0 Å². The molecule has 0 radical (unpaired) electrons. The summed E-state index contributed by atoms with van der Waals surface area (Å²) in [5, 5.41) is 6.45. The molecule has 0 spiro atoms. The first-order chi connectivity index (χ1) is 11.0. The Morgan fingerprint density at radius 3 is 2.61 bits per heavy atom.